The van der Waals surface area contributed by atoms with E-state index in [1.165, 1.54) is 12.3 Å². The first-order valence-corrected chi connectivity index (χ1v) is 6.47. The number of carbonyl (C=O) groups excluding carboxylic acids is 1. The molecule has 1 aliphatic rings. The molecule has 1 aromatic carbocycles. The van der Waals surface area contributed by atoms with E-state index in [1.54, 1.807) is 13.0 Å². The number of amides is 1. The molecule has 1 aliphatic heterocycles. The van der Waals surface area contributed by atoms with Crippen LogP contribution in [0.3, 0.4) is 0 Å². The molecule has 0 saturated carbocycles. The van der Waals surface area contributed by atoms with Crippen LogP contribution in [-0.4, -0.2) is 10.8 Å². The number of allylic oxidation sites excluding steroid dienone is 1. The Labute approximate surface area is 116 Å². The molecule has 0 spiro atoms. The predicted molar refractivity (Wildman–Crippen MR) is 74.8 cm³/mol. The second kappa shape index (κ2) is 5.73. The van der Waals surface area contributed by atoms with Crippen LogP contribution in [-0.2, 0) is 11.2 Å². The number of nitrogens with one attached hydrogen (secondary N) is 1. The monoisotopic (exact) mass is 276 g/mol. The molecule has 0 radical (unpaired) electrons. The lowest BCUT2D eigenvalue weighted by atomic mass is 9.98. The molecule has 20 heavy (non-hydrogen) atoms. The maximum absolute atomic E-state index is 11.5. The zero-order valence-corrected chi connectivity index (χ0v) is 11.4. The fraction of sp³-hybridized carbons (Fsp3) is 0.357. The van der Waals surface area contributed by atoms with Gasteiger partial charge in [-0.15, -0.1) is 0 Å². The summed E-state index contributed by atoms with van der Waals surface area (Å²) in [6.45, 7) is 3.58. The molecular formula is C14H16N2O4. The number of hydrogen-bond donors (Lipinski definition) is 1. The van der Waals surface area contributed by atoms with E-state index in [1.807, 2.05) is 6.92 Å². The van der Waals surface area contributed by atoms with Gasteiger partial charge in [-0.2, -0.15) is 0 Å². The lowest BCUT2D eigenvalue weighted by molar-refractivity contribution is -0.385. The molecule has 0 aliphatic carbocycles. The summed E-state index contributed by atoms with van der Waals surface area (Å²) in [5.41, 5.74) is 1.71. The first-order chi connectivity index (χ1) is 9.54. The van der Waals surface area contributed by atoms with Gasteiger partial charge in [0.15, 0.2) is 5.75 Å². The van der Waals surface area contributed by atoms with Gasteiger partial charge in [0.2, 0.25) is 5.91 Å². The number of hydrogen-bond acceptors (Lipinski definition) is 4. The van der Waals surface area contributed by atoms with Crippen LogP contribution in [0.5, 0.6) is 5.75 Å². The number of benzene rings is 1. The Morgan fingerprint density at radius 3 is 2.90 bits per heavy atom. The minimum absolute atomic E-state index is 0.0137. The molecule has 0 fully saturated rings. The number of carbonyl (C=O) groups is 1. The Morgan fingerprint density at radius 2 is 2.25 bits per heavy atom. The van der Waals surface area contributed by atoms with E-state index >= 15 is 0 Å². The molecule has 0 bridgehead atoms. The number of ether oxygens (including phenoxy) is 1. The van der Waals surface area contributed by atoms with Crippen molar-refractivity contribution < 1.29 is 14.5 Å². The predicted octanol–water partition coefficient (Wildman–Crippen LogP) is 3.09. The standard InChI is InChI=1S/C14H16N2O4/c1-3-4-7-20-14-9(2)11(16(18)19)8-10-5-6-12(17)15-13(10)14/h4,7-8H,3,5-6H2,1-2H3,(H,15,17)/b7-4+. The number of aryl methyl sites for hydroxylation is 1. The molecule has 0 atom stereocenters. The van der Waals surface area contributed by atoms with Gasteiger partial charge in [0, 0.05) is 12.5 Å². The molecule has 6 heteroatoms. The highest BCUT2D eigenvalue weighted by Gasteiger charge is 2.26. The highest BCUT2D eigenvalue weighted by atomic mass is 16.6. The van der Waals surface area contributed by atoms with Crippen molar-refractivity contribution in [2.75, 3.05) is 5.32 Å². The van der Waals surface area contributed by atoms with Gasteiger partial charge in [0.05, 0.1) is 22.4 Å². The van der Waals surface area contributed by atoms with Gasteiger partial charge in [-0.3, -0.25) is 14.9 Å². The van der Waals surface area contributed by atoms with Crippen LogP contribution in [0, 0.1) is 17.0 Å². The Kier molecular flexibility index (Phi) is 4.02. The summed E-state index contributed by atoms with van der Waals surface area (Å²) in [4.78, 5) is 22.2. The van der Waals surface area contributed by atoms with Gasteiger partial charge in [-0.05, 0) is 31.4 Å². The summed E-state index contributed by atoms with van der Waals surface area (Å²) >= 11 is 0. The van der Waals surface area contributed by atoms with Gasteiger partial charge in [0.1, 0.15) is 0 Å². The largest absolute Gasteiger partial charge is 0.463 e. The summed E-state index contributed by atoms with van der Waals surface area (Å²) in [6, 6.07) is 1.51. The molecule has 1 heterocycles. The second-order valence-corrected chi connectivity index (χ2v) is 4.59. The van der Waals surface area contributed by atoms with Gasteiger partial charge >= 0.3 is 0 Å². The minimum Gasteiger partial charge on any atom is -0.463 e. The Bertz CT molecular complexity index is 593. The minimum atomic E-state index is -0.428. The normalized spacial score (nSPS) is 14.0. The molecule has 1 N–H and O–H groups in total. The summed E-state index contributed by atoms with van der Waals surface area (Å²) in [6.07, 6.45) is 4.90. The molecule has 1 amide bonds. The van der Waals surface area contributed by atoms with E-state index in [0.717, 1.165) is 12.0 Å². The summed E-state index contributed by atoms with van der Waals surface area (Å²) in [5.74, 6) is 0.252. The number of nitrogens with zero attached hydrogens (tertiary/aromatic N) is 1. The molecule has 106 valence electrons. The first-order valence-electron chi connectivity index (χ1n) is 6.47. The van der Waals surface area contributed by atoms with Gasteiger partial charge in [0.25, 0.3) is 5.69 Å². The van der Waals surface area contributed by atoms with Crippen LogP contribution in [0.1, 0.15) is 30.9 Å². The van der Waals surface area contributed by atoms with Crippen LogP contribution in [0.25, 0.3) is 0 Å². The van der Waals surface area contributed by atoms with Gasteiger partial charge < -0.3 is 10.1 Å². The Balaban J connectivity index is 2.54. The smallest absolute Gasteiger partial charge is 0.276 e. The zero-order chi connectivity index (χ0) is 14.7. The summed E-state index contributed by atoms with van der Waals surface area (Å²) in [7, 11) is 0. The van der Waals surface area contributed by atoms with Crippen molar-refractivity contribution in [1.29, 1.82) is 0 Å². The fourth-order valence-electron chi connectivity index (χ4n) is 2.13. The maximum atomic E-state index is 11.5. The van der Waals surface area contributed by atoms with Crippen molar-refractivity contribution >= 4 is 17.3 Å². The SMILES string of the molecule is CC/C=C/Oc1c(C)c([N+](=O)[O-])cc2c1NC(=O)CC2. The molecule has 1 aromatic rings. The average Bonchev–Trinajstić information content (AvgIpc) is 2.41. The van der Waals surface area contributed by atoms with Crippen molar-refractivity contribution in [3.05, 3.63) is 39.6 Å². The Hall–Kier alpha value is -2.37. The maximum Gasteiger partial charge on any atom is 0.276 e. The van der Waals surface area contributed by atoms with Crippen molar-refractivity contribution in [2.45, 2.75) is 33.1 Å². The van der Waals surface area contributed by atoms with Gasteiger partial charge in [-0.1, -0.05) is 6.92 Å². The third-order valence-electron chi connectivity index (χ3n) is 3.18. The van der Waals surface area contributed by atoms with Crippen LogP contribution in [0.4, 0.5) is 11.4 Å². The molecule has 6 nitrogen and oxygen atoms in total. The van der Waals surface area contributed by atoms with Gasteiger partial charge in [-0.25, -0.2) is 0 Å². The number of anilines is 1. The average molecular weight is 276 g/mol. The van der Waals surface area contributed by atoms with E-state index < -0.39 is 4.92 Å². The van der Waals surface area contributed by atoms with Crippen LogP contribution >= 0.6 is 0 Å². The quantitative estimate of drug-likeness (QED) is 0.520. The number of fused-ring (bicyclic) bond motifs is 1. The van der Waals surface area contributed by atoms with E-state index in [9.17, 15) is 14.9 Å². The topological polar surface area (TPSA) is 81.5 Å². The first kappa shape index (κ1) is 14.0. The third-order valence-corrected chi connectivity index (χ3v) is 3.18. The van der Waals surface area contributed by atoms with Crippen molar-refractivity contribution in [3.8, 4) is 5.75 Å². The highest BCUT2D eigenvalue weighted by molar-refractivity contribution is 5.96. The van der Waals surface area contributed by atoms with E-state index in [2.05, 4.69) is 5.32 Å². The van der Waals surface area contributed by atoms with Crippen LogP contribution in [0.15, 0.2) is 18.4 Å². The van der Waals surface area contributed by atoms with E-state index in [-0.39, 0.29) is 11.6 Å². The highest BCUT2D eigenvalue weighted by Crippen LogP contribution is 2.40. The molecule has 0 aromatic heterocycles. The van der Waals surface area contributed by atoms with E-state index in [0.29, 0.717) is 29.8 Å². The number of nitro benzene ring substituents is 1. The van der Waals surface area contributed by atoms with Crippen LogP contribution in [0.2, 0.25) is 0 Å². The van der Waals surface area contributed by atoms with Crippen molar-refractivity contribution in [1.82, 2.24) is 0 Å². The lowest BCUT2D eigenvalue weighted by Gasteiger charge is -2.20. The van der Waals surface area contributed by atoms with Crippen molar-refractivity contribution in [2.24, 2.45) is 0 Å². The summed E-state index contributed by atoms with van der Waals surface area (Å²) < 4.78 is 5.52. The summed E-state index contributed by atoms with van der Waals surface area (Å²) in [5, 5.41) is 13.8. The second-order valence-electron chi connectivity index (χ2n) is 4.59. The zero-order valence-electron chi connectivity index (χ0n) is 11.4. The molecule has 2 rings (SSSR count). The number of nitro groups is 1. The lowest BCUT2D eigenvalue weighted by Crippen LogP contribution is -2.20. The van der Waals surface area contributed by atoms with Crippen molar-refractivity contribution in [3.63, 3.8) is 0 Å². The van der Waals surface area contributed by atoms with Crippen LogP contribution < -0.4 is 10.1 Å². The Morgan fingerprint density at radius 1 is 1.50 bits per heavy atom. The third kappa shape index (κ3) is 2.64. The van der Waals surface area contributed by atoms with E-state index in [4.69, 9.17) is 4.74 Å². The number of rotatable bonds is 4. The molecular weight excluding hydrogens is 260 g/mol. The molecule has 0 saturated heterocycles. The molecule has 0 unspecified atom stereocenters. The fourth-order valence-corrected chi connectivity index (χ4v) is 2.13.